The molecule has 0 spiro atoms. The van der Waals surface area contributed by atoms with Crippen LogP contribution in [-0.2, 0) is 11.2 Å². The van der Waals surface area contributed by atoms with Gasteiger partial charge < -0.3 is 14.8 Å². The Morgan fingerprint density at radius 3 is 2.43 bits per heavy atom. The maximum absolute atomic E-state index is 13.5. The smallest absolute Gasteiger partial charge is 0.230 e. The lowest BCUT2D eigenvalue weighted by molar-refractivity contribution is -0.118. The molecule has 0 aliphatic heterocycles. The van der Waals surface area contributed by atoms with Gasteiger partial charge in [0.1, 0.15) is 5.82 Å². The van der Waals surface area contributed by atoms with E-state index in [1.807, 2.05) is 53.1 Å². The SMILES string of the molecule is COc1ccc(CCNC(=O)CSc2nnc(-c3ccccc3)n2-c2ccc(F)cc2)cc1OC. The Balaban J connectivity index is 1.41. The number of methoxy groups -OCH3 is 2. The van der Waals surface area contributed by atoms with Crippen LogP contribution in [0.5, 0.6) is 11.5 Å². The van der Waals surface area contributed by atoms with Crippen molar-refractivity contribution in [1.29, 1.82) is 0 Å². The minimum Gasteiger partial charge on any atom is -0.493 e. The number of halogens is 1. The first kappa shape index (κ1) is 24.3. The Kier molecular flexibility index (Phi) is 7.99. The number of benzene rings is 3. The van der Waals surface area contributed by atoms with Crippen LogP contribution in [0.1, 0.15) is 5.56 Å². The van der Waals surface area contributed by atoms with Crippen LogP contribution < -0.4 is 14.8 Å². The zero-order valence-corrected chi connectivity index (χ0v) is 20.2. The lowest BCUT2D eigenvalue weighted by Crippen LogP contribution is -2.27. The molecule has 0 unspecified atom stereocenters. The summed E-state index contributed by atoms with van der Waals surface area (Å²) in [5.41, 5.74) is 2.61. The molecule has 0 aliphatic carbocycles. The van der Waals surface area contributed by atoms with Gasteiger partial charge in [0.05, 0.1) is 20.0 Å². The largest absolute Gasteiger partial charge is 0.493 e. The zero-order valence-electron chi connectivity index (χ0n) is 19.4. The number of hydrogen-bond donors (Lipinski definition) is 1. The molecule has 0 fully saturated rings. The minimum absolute atomic E-state index is 0.120. The maximum Gasteiger partial charge on any atom is 0.230 e. The number of thioether (sulfide) groups is 1. The van der Waals surface area contributed by atoms with E-state index in [0.29, 0.717) is 41.1 Å². The molecule has 0 saturated carbocycles. The van der Waals surface area contributed by atoms with Gasteiger partial charge in [-0.05, 0) is 48.4 Å². The number of amides is 1. The molecule has 1 heterocycles. The van der Waals surface area contributed by atoms with E-state index >= 15 is 0 Å². The zero-order chi connectivity index (χ0) is 24.6. The Morgan fingerprint density at radius 2 is 1.71 bits per heavy atom. The second kappa shape index (κ2) is 11.5. The van der Waals surface area contributed by atoms with Crippen molar-refractivity contribution >= 4 is 17.7 Å². The Bertz CT molecular complexity index is 1280. The van der Waals surface area contributed by atoms with E-state index in [1.165, 1.54) is 23.9 Å². The van der Waals surface area contributed by atoms with E-state index in [9.17, 15) is 9.18 Å². The van der Waals surface area contributed by atoms with Crippen molar-refractivity contribution in [1.82, 2.24) is 20.1 Å². The van der Waals surface area contributed by atoms with Gasteiger partial charge in [-0.15, -0.1) is 10.2 Å². The van der Waals surface area contributed by atoms with Gasteiger partial charge in [0.15, 0.2) is 22.5 Å². The molecule has 4 aromatic rings. The molecule has 0 bridgehead atoms. The number of carbonyl (C=O) groups excluding carboxylic acids is 1. The highest BCUT2D eigenvalue weighted by atomic mass is 32.2. The first-order valence-electron chi connectivity index (χ1n) is 11.0. The molecule has 0 saturated heterocycles. The summed E-state index contributed by atoms with van der Waals surface area (Å²) in [6.07, 6.45) is 0.653. The van der Waals surface area contributed by atoms with E-state index in [-0.39, 0.29) is 17.5 Å². The molecular weight excluding hydrogens is 467 g/mol. The van der Waals surface area contributed by atoms with Gasteiger partial charge in [0, 0.05) is 17.8 Å². The average Bonchev–Trinajstić information content (AvgIpc) is 3.32. The van der Waals surface area contributed by atoms with Crippen molar-refractivity contribution in [2.45, 2.75) is 11.6 Å². The fourth-order valence-electron chi connectivity index (χ4n) is 3.52. The number of ether oxygens (including phenoxy) is 2. The summed E-state index contributed by atoms with van der Waals surface area (Å²) >= 11 is 1.27. The average molecular weight is 493 g/mol. The van der Waals surface area contributed by atoms with E-state index in [2.05, 4.69) is 15.5 Å². The first-order valence-corrected chi connectivity index (χ1v) is 11.9. The van der Waals surface area contributed by atoms with Gasteiger partial charge in [-0.1, -0.05) is 48.2 Å². The van der Waals surface area contributed by atoms with Gasteiger partial charge in [-0.25, -0.2) is 4.39 Å². The van der Waals surface area contributed by atoms with Gasteiger partial charge in [0.25, 0.3) is 0 Å². The van der Waals surface area contributed by atoms with E-state index < -0.39 is 0 Å². The monoisotopic (exact) mass is 492 g/mol. The van der Waals surface area contributed by atoms with Crippen LogP contribution >= 0.6 is 11.8 Å². The molecule has 4 rings (SSSR count). The standard InChI is InChI=1S/C26H25FN4O3S/c1-33-22-13-8-18(16-23(22)34-2)14-15-28-24(32)17-35-26-30-29-25(19-6-4-3-5-7-19)31(26)21-11-9-20(27)10-12-21/h3-13,16H,14-15,17H2,1-2H3,(H,28,32). The van der Waals surface area contributed by atoms with Crippen molar-refractivity contribution < 1.29 is 18.7 Å². The molecule has 35 heavy (non-hydrogen) atoms. The molecule has 0 atom stereocenters. The van der Waals surface area contributed by atoms with Crippen LogP contribution in [0.25, 0.3) is 17.1 Å². The third-order valence-electron chi connectivity index (χ3n) is 5.27. The highest BCUT2D eigenvalue weighted by molar-refractivity contribution is 7.99. The Hall–Kier alpha value is -3.85. The maximum atomic E-state index is 13.5. The summed E-state index contributed by atoms with van der Waals surface area (Å²) in [5, 5.41) is 12.1. The van der Waals surface area contributed by atoms with Crippen molar-refractivity contribution in [3.63, 3.8) is 0 Å². The van der Waals surface area contributed by atoms with Gasteiger partial charge in [0.2, 0.25) is 5.91 Å². The summed E-state index contributed by atoms with van der Waals surface area (Å²) in [4.78, 5) is 12.5. The second-order valence-corrected chi connectivity index (χ2v) is 8.50. The number of aromatic nitrogens is 3. The van der Waals surface area contributed by atoms with E-state index in [4.69, 9.17) is 9.47 Å². The van der Waals surface area contributed by atoms with Gasteiger partial charge in [-0.2, -0.15) is 0 Å². The number of rotatable bonds is 10. The second-order valence-electron chi connectivity index (χ2n) is 7.56. The topological polar surface area (TPSA) is 78.3 Å². The lowest BCUT2D eigenvalue weighted by atomic mass is 10.1. The number of carbonyl (C=O) groups is 1. The summed E-state index contributed by atoms with van der Waals surface area (Å²) < 4.78 is 25.9. The third kappa shape index (κ3) is 5.99. The van der Waals surface area contributed by atoms with Crippen LogP contribution in [0.15, 0.2) is 78.0 Å². The predicted octanol–water partition coefficient (Wildman–Crippen LogP) is 4.54. The van der Waals surface area contributed by atoms with Crippen LogP contribution in [0, 0.1) is 5.82 Å². The highest BCUT2D eigenvalue weighted by Crippen LogP contribution is 2.29. The molecule has 1 aromatic heterocycles. The Labute approximate surface area is 207 Å². The number of hydrogen-bond acceptors (Lipinski definition) is 6. The molecule has 1 amide bonds. The normalized spacial score (nSPS) is 10.7. The van der Waals surface area contributed by atoms with Crippen molar-refractivity contribution in [2.75, 3.05) is 26.5 Å². The third-order valence-corrected chi connectivity index (χ3v) is 6.20. The molecule has 9 heteroatoms. The lowest BCUT2D eigenvalue weighted by Gasteiger charge is -2.11. The number of nitrogens with zero attached hydrogens (tertiary/aromatic N) is 3. The molecular formula is C26H25FN4O3S. The van der Waals surface area contributed by atoms with Crippen LogP contribution in [0.3, 0.4) is 0 Å². The van der Waals surface area contributed by atoms with Crippen LogP contribution in [0.2, 0.25) is 0 Å². The molecule has 180 valence electrons. The highest BCUT2D eigenvalue weighted by Gasteiger charge is 2.17. The molecule has 0 radical (unpaired) electrons. The van der Waals surface area contributed by atoms with Crippen LogP contribution in [0.4, 0.5) is 4.39 Å². The van der Waals surface area contributed by atoms with Gasteiger partial charge >= 0.3 is 0 Å². The molecule has 1 N–H and O–H groups in total. The fourth-order valence-corrected chi connectivity index (χ4v) is 4.31. The predicted molar refractivity (Wildman–Crippen MR) is 134 cm³/mol. The molecule has 7 nitrogen and oxygen atoms in total. The minimum atomic E-state index is -0.328. The van der Waals surface area contributed by atoms with E-state index in [1.54, 1.807) is 26.4 Å². The molecule has 0 aliphatic rings. The molecule has 3 aromatic carbocycles. The summed E-state index contributed by atoms with van der Waals surface area (Å²) in [5.74, 6) is 1.66. The Morgan fingerprint density at radius 1 is 0.971 bits per heavy atom. The summed E-state index contributed by atoms with van der Waals surface area (Å²) in [6, 6.07) is 21.4. The van der Waals surface area contributed by atoms with Crippen molar-refractivity contribution in [3.8, 4) is 28.6 Å². The fraction of sp³-hybridized carbons (Fsp3) is 0.192. The van der Waals surface area contributed by atoms with Crippen LogP contribution in [-0.4, -0.2) is 47.2 Å². The quantitative estimate of drug-likeness (QED) is 0.328. The first-order chi connectivity index (χ1) is 17.1. The van der Waals surface area contributed by atoms with Gasteiger partial charge in [-0.3, -0.25) is 9.36 Å². The van der Waals surface area contributed by atoms with Crippen molar-refractivity contribution in [2.24, 2.45) is 0 Å². The summed E-state index contributed by atoms with van der Waals surface area (Å²) in [7, 11) is 3.18. The number of nitrogens with one attached hydrogen (secondary N) is 1. The van der Waals surface area contributed by atoms with E-state index in [0.717, 1.165) is 11.1 Å². The summed E-state index contributed by atoms with van der Waals surface area (Å²) in [6.45, 7) is 0.481. The van der Waals surface area contributed by atoms with Crippen molar-refractivity contribution in [3.05, 3.63) is 84.2 Å².